The molecule has 0 aliphatic heterocycles. The van der Waals surface area contributed by atoms with Crippen LogP contribution in [0.1, 0.15) is 31.2 Å². The average Bonchev–Trinajstić information content (AvgIpc) is 3.29. The fraction of sp³-hybridized carbons (Fsp3) is 0.476. The molecule has 0 radical (unpaired) electrons. The van der Waals surface area contributed by atoms with Gasteiger partial charge in [0.25, 0.3) is 0 Å². The molecule has 162 valence electrons. The van der Waals surface area contributed by atoms with Gasteiger partial charge < -0.3 is 26.8 Å². The van der Waals surface area contributed by atoms with E-state index in [4.69, 9.17) is 16.2 Å². The molecule has 0 saturated heterocycles. The van der Waals surface area contributed by atoms with Crippen LogP contribution < -0.4 is 22.1 Å². The quantitative estimate of drug-likeness (QED) is 0.287. The van der Waals surface area contributed by atoms with Crippen molar-refractivity contribution < 1.29 is 4.74 Å². The number of nitrogens with two attached hydrogens (primary N) is 2. The SMILES string of the molecule is CN/C=C(/c1cnc2ccc(N=C(N)SC(NC)C3CCCC3)nc2c1)C(N)OC. The van der Waals surface area contributed by atoms with Crippen LogP contribution in [0.5, 0.6) is 0 Å². The van der Waals surface area contributed by atoms with Crippen molar-refractivity contribution in [3.63, 3.8) is 0 Å². The average molecular weight is 430 g/mol. The Kier molecular flexibility index (Phi) is 8.03. The minimum Gasteiger partial charge on any atom is -0.394 e. The summed E-state index contributed by atoms with van der Waals surface area (Å²) < 4.78 is 5.27. The smallest absolute Gasteiger partial charge is 0.162 e. The van der Waals surface area contributed by atoms with E-state index in [-0.39, 0.29) is 5.37 Å². The first-order chi connectivity index (χ1) is 14.5. The van der Waals surface area contributed by atoms with Gasteiger partial charge in [0, 0.05) is 37.7 Å². The zero-order valence-electron chi connectivity index (χ0n) is 17.8. The molecule has 0 spiro atoms. The predicted octanol–water partition coefficient (Wildman–Crippen LogP) is 2.54. The van der Waals surface area contributed by atoms with Crippen molar-refractivity contribution in [2.24, 2.45) is 22.4 Å². The minimum atomic E-state index is -0.570. The van der Waals surface area contributed by atoms with Gasteiger partial charge in [-0.2, -0.15) is 0 Å². The van der Waals surface area contributed by atoms with Gasteiger partial charge in [-0.3, -0.25) is 4.98 Å². The molecule has 2 unspecified atom stereocenters. The Hall–Kier alpha value is -2.20. The number of nitrogens with one attached hydrogen (secondary N) is 2. The van der Waals surface area contributed by atoms with Crippen LogP contribution in [0.15, 0.2) is 35.6 Å². The van der Waals surface area contributed by atoms with Crippen molar-refractivity contribution in [2.75, 3.05) is 21.2 Å². The Morgan fingerprint density at radius 2 is 2.07 bits per heavy atom. The van der Waals surface area contributed by atoms with Gasteiger partial charge in [-0.15, -0.1) is 0 Å². The van der Waals surface area contributed by atoms with E-state index in [1.807, 2.05) is 32.3 Å². The first-order valence-electron chi connectivity index (χ1n) is 10.2. The summed E-state index contributed by atoms with van der Waals surface area (Å²) in [4.78, 5) is 13.7. The summed E-state index contributed by atoms with van der Waals surface area (Å²) in [6.45, 7) is 0. The highest BCUT2D eigenvalue weighted by Gasteiger charge is 2.25. The van der Waals surface area contributed by atoms with Gasteiger partial charge in [-0.25, -0.2) is 9.98 Å². The monoisotopic (exact) mass is 429 g/mol. The van der Waals surface area contributed by atoms with Crippen LogP contribution in [0.3, 0.4) is 0 Å². The summed E-state index contributed by atoms with van der Waals surface area (Å²) >= 11 is 1.57. The summed E-state index contributed by atoms with van der Waals surface area (Å²) in [5, 5.41) is 7.15. The van der Waals surface area contributed by atoms with Crippen molar-refractivity contribution in [3.05, 3.63) is 36.2 Å². The lowest BCUT2D eigenvalue weighted by Crippen LogP contribution is -2.31. The van der Waals surface area contributed by atoms with E-state index in [2.05, 4.69) is 25.6 Å². The zero-order chi connectivity index (χ0) is 21.5. The molecule has 2 atom stereocenters. The van der Waals surface area contributed by atoms with Crippen LogP contribution in [0.2, 0.25) is 0 Å². The number of pyridine rings is 2. The van der Waals surface area contributed by atoms with Crippen molar-refractivity contribution in [3.8, 4) is 0 Å². The highest BCUT2D eigenvalue weighted by Crippen LogP contribution is 2.32. The first kappa shape index (κ1) is 22.5. The molecule has 30 heavy (non-hydrogen) atoms. The summed E-state index contributed by atoms with van der Waals surface area (Å²) in [5.41, 5.74) is 15.4. The van der Waals surface area contributed by atoms with E-state index in [9.17, 15) is 0 Å². The molecule has 0 amide bonds. The van der Waals surface area contributed by atoms with E-state index in [0.717, 1.165) is 22.2 Å². The number of methoxy groups -OCH3 is 1. The minimum absolute atomic E-state index is 0.273. The number of hydrogen-bond donors (Lipinski definition) is 4. The molecular formula is C21H31N7OS. The summed E-state index contributed by atoms with van der Waals surface area (Å²) in [6.07, 6.45) is 8.05. The molecule has 1 aliphatic carbocycles. The second-order valence-electron chi connectivity index (χ2n) is 7.30. The predicted molar refractivity (Wildman–Crippen MR) is 125 cm³/mol. The molecule has 2 aromatic heterocycles. The van der Waals surface area contributed by atoms with Gasteiger partial charge in [0.05, 0.1) is 16.4 Å². The first-order valence-corrected chi connectivity index (χ1v) is 11.0. The standard InChI is InChI=1S/C21H31N7OS/c1-24-12-15(19(22)29-3)14-10-17-16(26-11-14)8-9-18(27-17)28-21(23)30-20(25-2)13-6-4-5-7-13/h8-13,19-20,24-25H,4-7,22H2,1-3H3,(H2,23,27,28)/b15-12-. The van der Waals surface area contributed by atoms with E-state index >= 15 is 0 Å². The number of aromatic nitrogens is 2. The number of hydrogen-bond acceptors (Lipinski definition) is 8. The second-order valence-corrected chi connectivity index (χ2v) is 8.46. The van der Waals surface area contributed by atoms with Gasteiger partial charge in [0.15, 0.2) is 11.0 Å². The van der Waals surface area contributed by atoms with E-state index in [1.165, 1.54) is 25.7 Å². The molecule has 2 aromatic rings. The molecule has 8 nitrogen and oxygen atoms in total. The number of thioether (sulfide) groups is 1. The van der Waals surface area contributed by atoms with E-state index < -0.39 is 6.23 Å². The topological polar surface area (TPSA) is 123 Å². The Balaban J connectivity index is 1.84. The van der Waals surface area contributed by atoms with Crippen molar-refractivity contribution >= 4 is 39.4 Å². The summed E-state index contributed by atoms with van der Waals surface area (Å²) in [6, 6.07) is 5.66. The van der Waals surface area contributed by atoms with Crippen LogP contribution in [-0.4, -0.2) is 47.9 Å². The van der Waals surface area contributed by atoms with Crippen molar-refractivity contribution in [1.82, 2.24) is 20.6 Å². The van der Waals surface area contributed by atoms with E-state index in [1.54, 1.807) is 31.3 Å². The fourth-order valence-electron chi connectivity index (χ4n) is 3.75. The lowest BCUT2D eigenvalue weighted by Gasteiger charge is -2.21. The van der Waals surface area contributed by atoms with Crippen LogP contribution in [0.4, 0.5) is 5.82 Å². The highest BCUT2D eigenvalue weighted by atomic mass is 32.2. The molecule has 6 N–H and O–H groups in total. The maximum absolute atomic E-state index is 6.24. The van der Waals surface area contributed by atoms with E-state index in [0.29, 0.717) is 16.9 Å². The van der Waals surface area contributed by atoms with Crippen LogP contribution in [-0.2, 0) is 4.74 Å². The molecule has 0 bridgehead atoms. The number of fused-ring (bicyclic) bond motifs is 1. The van der Waals surface area contributed by atoms with Gasteiger partial charge in [-0.05, 0) is 44.0 Å². The Morgan fingerprint density at radius 1 is 1.30 bits per heavy atom. The van der Waals surface area contributed by atoms with Gasteiger partial charge in [0.2, 0.25) is 0 Å². The Morgan fingerprint density at radius 3 is 2.73 bits per heavy atom. The van der Waals surface area contributed by atoms with Gasteiger partial charge >= 0.3 is 0 Å². The Bertz CT molecular complexity index is 911. The number of rotatable bonds is 8. The van der Waals surface area contributed by atoms with Crippen LogP contribution in [0, 0.1) is 5.92 Å². The molecule has 9 heteroatoms. The molecule has 3 rings (SSSR count). The summed E-state index contributed by atoms with van der Waals surface area (Å²) in [5.74, 6) is 1.19. The third kappa shape index (κ3) is 5.48. The van der Waals surface area contributed by atoms with Gasteiger partial charge in [-0.1, -0.05) is 24.6 Å². The highest BCUT2D eigenvalue weighted by molar-refractivity contribution is 8.14. The second kappa shape index (κ2) is 10.7. The molecule has 1 fully saturated rings. The number of aliphatic imine (C=N–C) groups is 1. The zero-order valence-corrected chi connectivity index (χ0v) is 18.6. The number of ether oxygens (including phenoxy) is 1. The van der Waals surface area contributed by atoms with Crippen LogP contribution in [0.25, 0.3) is 16.6 Å². The fourth-order valence-corrected chi connectivity index (χ4v) is 4.74. The molecule has 1 aliphatic rings. The molecule has 0 aromatic carbocycles. The molecular weight excluding hydrogens is 398 g/mol. The van der Waals surface area contributed by atoms with Crippen LogP contribution >= 0.6 is 11.8 Å². The lowest BCUT2D eigenvalue weighted by atomic mass is 10.1. The molecule has 2 heterocycles. The number of nitrogens with zero attached hydrogens (tertiary/aromatic N) is 3. The maximum Gasteiger partial charge on any atom is 0.162 e. The Labute approximate surface area is 182 Å². The normalized spacial score (nSPS) is 18.0. The van der Waals surface area contributed by atoms with Crippen molar-refractivity contribution in [1.29, 1.82) is 0 Å². The molecule has 1 saturated carbocycles. The number of amidine groups is 1. The van der Waals surface area contributed by atoms with Crippen molar-refractivity contribution in [2.45, 2.75) is 37.3 Å². The van der Waals surface area contributed by atoms with Gasteiger partial charge in [0.1, 0.15) is 6.23 Å². The summed E-state index contributed by atoms with van der Waals surface area (Å²) in [7, 11) is 5.36. The third-order valence-electron chi connectivity index (χ3n) is 5.30. The third-order valence-corrected chi connectivity index (χ3v) is 6.51. The maximum atomic E-state index is 6.24. The largest absolute Gasteiger partial charge is 0.394 e. The lowest BCUT2D eigenvalue weighted by molar-refractivity contribution is 0.154.